The molecule has 5 rings (SSSR count). The van der Waals surface area contributed by atoms with Crippen molar-refractivity contribution in [1.82, 2.24) is 15.0 Å². The highest BCUT2D eigenvalue weighted by molar-refractivity contribution is 14.1. The number of pyridine rings is 1. The van der Waals surface area contributed by atoms with Crippen molar-refractivity contribution in [3.63, 3.8) is 0 Å². The third-order valence-electron chi connectivity index (χ3n) is 6.64. The molecule has 1 spiro atoms. The van der Waals surface area contributed by atoms with E-state index in [2.05, 4.69) is 32.5 Å². The number of rotatable bonds is 6. The van der Waals surface area contributed by atoms with Crippen LogP contribution in [0.4, 0.5) is 5.82 Å². The first-order valence-corrected chi connectivity index (χ1v) is 13.6. The van der Waals surface area contributed by atoms with Gasteiger partial charge in [0.05, 0.1) is 18.9 Å². The molecule has 1 saturated carbocycles. The average Bonchev–Trinajstić information content (AvgIpc) is 3.60. The number of piperidine rings is 1. The van der Waals surface area contributed by atoms with Gasteiger partial charge in [-0.15, -0.1) is 0 Å². The molecule has 0 aromatic carbocycles. The summed E-state index contributed by atoms with van der Waals surface area (Å²) in [5, 5.41) is 11.3. The maximum atomic E-state index is 10.1. The standard InChI is InChI=1S/C22H27ClIN5O3S/c1-12-21(33-15-4-7-26-20(16(15)23)32-13-2-3-13)28-14(10-30)19(27-12)29-8-5-22(6-9-29)11-31-18(24)17(22)25/h4,7,13,17-18,30H,2-3,5-6,8-11,25H2,1H3/t17-,18-/m1/s1. The van der Waals surface area contributed by atoms with E-state index in [0.29, 0.717) is 28.2 Å². The minimum atomic E-state index is -0.184. The number of nitrogens with two attached hydrogens (primary N) is 1. The van der Waals surface area contributed by atoms with Crippen molar-refractivity contribution >= 4 is 51.8 Å². The van der Waals surface area contributed by atoms with Gasteiger partial charge < -0.3 is 25.2 Å². The minimum absolute atomic E-state index is 0.0261. The largest absolute Gasteiger partial charge is 0.473 e. The van der Waals surface area contributed by atoms with Gasteiger partial charge in [0.1, 0.15) is 26.0 Å². The molecule has 8 nitrogen and oxygen atoms in total. The normalized spacial score (nSPS) is 24.5. The summed E-state index contributed by atoms with van der Waals surface area (Å²) < 4.78 is 11.7. The van der Waals surface area contributed by atoms with E-state index in [-0.39, 0.29) is 28.3 Å². The summed E-state index contributed by atoms with van der Waals surface area (Å²) >= 11 is 10.3. The molecule has 2 atom stereocenters. The smallest absolute Gasteiger partial charge is 0.234 e. The summed E-state index contributed by atoms with van der Waals surface area (Å²) in [6, 6.07) is 1.89. The van der Waals surface area contributed by atoms with Crippen LogP contribution >= 0.6 is 46.0 Å². The van der Waals surface area contributed by atoms with Gasteiger partial charge in [-0.05, 0) is 61.3 Å². The van der Waals surface area contributed by atoms with E-state index in [0.717, 1.165) is 55.2 Å². The van der Waals surface area contributed by atoms with Gasteiger partial charge in [0.2, 0.25) is 5.88 Å². The number of aliphatic hydroxyl groups is 1. The van der Waals surface area contributed by atoms with Gasteiger partial charge >= 0.3 is 0 Å². The van der Waals surface area contributed by atoms with Crippen molar-refractivity contribution in [2.45, 2.75) is 65.4 Å². The first kappa shape index (κ1) is 23.8. The Kier molecular flexibility index (Phi) is 6.94. The molecule has 3 fully saturated rings. The van der Waals surface area contributed by atoms with E-state index < -0.39 is 0 Å². The van der Waals surface area contributed by atoms with Crippen LogP contribution in [0.15, 0.2) is 22.2 Å². The summed E-state index contributed by atoms with van der Waals surface area (Å²) in [5.74, 6) is 1.20. The van der Waals surface area contributed by atoms with Crippen molar-refractivity contribution in [2.75, 3.05) is 24.6 Å². The lowest BCUT2D eigenvalue weighted by Crippen LogP contribution is -2.50. The van der Waals surface area contributed by atoms with Crippen molar-refractivity contribution in [2.24, 2.45) is 11.1 Å². The number of hydrogen-bond acceptors (Lipinski definition) is 9. The molecule has 0 amide bonds. The van der Waals surface area contributed by atoms with Crippen molar-refractivity contribution in [3.8, 4) is 5.88 Å². The Morgan fingerprint density at radius 3 is 2.76 bits per heavy atom. The van der Waals surface area contributed by atoms with E-state index in [1.165, 1.54) is 11.8 Å². The number of ether oxygens (including phenoxy) is 2. The molecule has 0 radical (unpaired) electrons. The summed E-state index contributed by atoms with van der Waals surface area (Å²) in [7, 11) is 0. The highest BCUT2D eigenvalue weighted by atomic mass is 127. The zero-order valence-electron chi connectivity index (χ0n) is 18.3. The quantitative estimate of drug-likeness (QED) is 0.377. The molecule has 3 aliphatic rings. The van der Waals surface area contributed by atoms with E-state index in [1.807, 2.05) is 13.0 Å². The van der Waals surface area contributed by atoms with Gasteiger partial charge in [-0.25, -0.2) is 15.0 Å². The van der Waals surface area contributed by atoms with Crippen LogP contribution in [0.25, 0.3) is 0 Å². The van der Waals surface area contributed by atoms with Crippen molar-refractivity contribution < 1.29 is 14.6 Å². The molecule has 2 aliphatic heterocycles. The highest BCUT2D eigenvalue weighted by Gasteiger charge is 2.48. The van der Waals surface area contributed by atoms with Crippen molar-refractivity contribution in [3.05, 3.63) is 28.7 Å². The van der Waals surface area contributed by atoms with Crippen LogP contribution in [0, 0.1) is 12.3 Å². The van der Waals surface area contributed by atoms with Crippen LogP contribution in [0.3, 0.4) is 0 Å². The van der Waals surface area contributed by atoms with E-state index in [9.17, 15) is 5.11 Å². The Bertz CT molecular complexity index is 1040. The maximum absolute atomic E-state index is 10.1. The molecule has 2 aromatic rings. The predicted molar refractivity (Wildman–Crippen MR) is 135 cm³/mol. The maximum Gasteiger partial charge on any atom is 0.234 e. The Balaban J connectivity index is 1.34. The molecule has 0 unspecified atom stereocenters. The second kappa shape index (κ2) is 9.62. The Morgan fingerprint density at radius 1 is 1.36 bits per heavy atom. The lowest BCUT2D eigenvalue weighted by atomic mass is 9.75. The zero-order chi connectivity index (χ0) is 23.2. The number of halogens is 2. The number of aromatic nitrogens is 3. The van der Waals surface area contributed by atoms with E-state index in [4.69, 9.17) is 36.8 Å². The van der Waals surface area contributed by atoms with E-state index >= 15 is 0 Å². The molecule has 11 heteroatoms. The Morgan fingerprint density at radius 2 is 2.12 bits per heavy atom. The highest BCUT2D eigenvalue weighted by Crippen LogP contribution is 2.44. The lowest BCUT2D eigenvalue weighted by molar-refractivity contribution is 0.127. The SMILES string of the molecule is Cc1nc(N2CCC3(CC2)CO[C@@H](I)[C@H]3N)c(CO)nc1Sc1ccnc(OC2CC2)c1Cl. The third-order valence-corrected chi connectivity index (χ3v) is 9.39. The fourth-order valence-corrected chi connectivity index (χ4v) is 6.44. The van der Waals surface area contributed by atoms with Crippen LogP contribution in [0.1, 0.15) is 37.1 Å². The van der Waals surface area contributed by atoms with Crippen LogP contribution in [0.2, 0.25) is 5.02 Å². The molecule has 4 heterocycles. The molecule has 2 aromatic heterocycles. The van der Waals surface area contributed by atoms with Gasteiger partial charge in [0.15, 0.2) is 5.82 Å². The molecule has 3 N–H and O–H groups in total. The van der Waals surface area contributed by atoms with E-state index in [1.54, 1.807) is 6.20 Å². The third kappa shape index (κ3) is 4.79. The number of hydrogen-bond donors (Lipinski definition) is 2. The van der Waals surface area contributed by atoms with Crippen LogP contribution < -0.4 is 15.4 Å². The topological polar surface area (TPSA) is 107 Å². The molecule has 33 heavy (non-hydrogen) atoms. The van der Waals surface area contributed by atoms with Gasteiger partial charge in [-0.3, -0.25) is 0 Å². The lowest BCUT2D eigenvalue weighted by Gasteiger charge is -2.41. The first-order chi connectivity index (χ1) is 15.9. The number of aryl methyl sites for hydroxylation is 1. The second-order valence-corrected chi connectivity index (χ2v) is 11.6. The Hall–Kier alpha value is -0.920. The van der Waals surface area contributed by atoms with Crippen LogP contribution in [-0.4, -0.2) is 56.0 Å². The molecule has 1 aliphatic carbocycles. The van der Waals surface area contributed by atoms with Gasteiger partial charge in [-0.2, -0.15) is 0 Å². The number of nitrogens with zero attached hydrogens (tertiary/aromatic N) is 4. The van der Waals surface area contributed by atoms with Crippen molar-refractivity contribution in [1.29, 1.82) is 0 Å². The number of aliphatic hydroxyl groups excluding tert-OH is 1. The second-order valence-electron chi connectivity index (χ2n) is 8.93. The Labute approximate surface area is 216 Å². The summed E-state index contributed by atoms with van der Waals surface area (Å²) in [4.78, 5) is 16.9. The first-order valence-electron chi connectivity index (χ1n) is 11.1. The van der Waals surface area contributed by atoms with Gasteiger partial charge in [0.25, 0.3) is 0 Å². The number of anilines is 1. The molecule has 178 valence electrons. The van der Waals surface area contributed by atoms with Crippen LogP contribution in [-0.2, 0) is 11.3 Å². The fourth-order valence-electron chi connectivity index (χ4n) is 4.36. The summed E-state index contributed by atoms with van der Waals surface area (Å²) in [5.41, 5.74) is 7.84. The zero-order valence-corrected chi connectivity index (χ0v) is 22.1. The molecular weight excluding hydrogens is 577 g/mol. The predicted octanol–water partition coefficient (Wildman–Crippen LogP) is 3.72. The average molecular weight is 604 g/mol. The minimum Gasteiger partial charge on any atom is -0.473 e. The molecule has 0 bridgehead atoms. The van der Waals surface area contributed by atoms with Gasteiger partial charge in [-0.1, -0.05) is 23.4 Å². The van der Waals surface area contributed by atoms with Crippen LogP contribution in [0.5, 0.6) is 5.88 Å². The summed E-state index contributed by atoms with van der Waals surface area (Å²) in [6.45, 7) is 4.08. The molecular formula is C22H27ClIN5O3S. The fraction of sp³-hybridized carbons (Fsp3) is 0.591. The monoisotopic (exact) mass is 603 g/mol. The number of alkyl halides is 1. The van der Waals surface area contributed by atoms with Gasteiger partial charge in [0, 0.05) is 35.6 Å². The molecule has 2 saturated heterocycles. The summed E-state index contributed by atoms with van der Waals surface area (Å²) in [6.07, 6.45) is 5.86.